The summed E-state index contributed by atoms with van der Waals surface area (Å²) in [6, 6.07) is 8.89. The predicted molar refractivity (Wildman–Crippen MR) is 133 cm³/mol. The van der Waals surface area contributed by atoms with Gasteiger partial charge in [0.2, 0.25) is 5.88 Å². The highest BCUT2D eigenvalue weighted by Gasteiger charge is 2.39. The Balaban J connectivity index is 2.01. The zero-order chi connectivity index (χ0) is 24.9. The summed E-state index contributed by atoms with van der Waals surface area (Å²) < 4.78 is 32.3. The van der Waals surface area contributed by atoms with Crippen LogP contribution in [0.4, 0.5) is 10.7 Å². The summed E-state index contributed by atoms with van der Waals surface area (Å²) in [5, 5.41) is 20.8. The molecule has 34 heavy (non-hydrogen) atoms. The molecule has 1 aromatic carbocycles. The largest absolute Gasteiger partial charge is 0.493 e. The fourth-order valence-electron chi connectivity index (χ4n) is 3.40. The molecule has 182 valence electrons. The van der Waals surface area contributed by atoms with E-state index in [1.54, 1.807) is 19.1 Å². The fraction of sp³-hybridized carbons (Fsp3) is 0.286. The van der Waals surface area contributed by atoms with Crippen LogP contribution in [0.25, 0.3) is 0 Å². The first kappa shape index (κ1) is 26.0. The van der Waals surface area contributed by atoms with Crippen molar-refractivity contribution in [1.29, 1.82) is 0 Å². The van der Waals surface area contributed by atoms with Gasteiger partial charge in [-0.1, -0.05) is 17.4 Å². The summed E-state index contributed by atoms with van der Waals surface area (Å²) in [5.74, 6) is 0.508. The van der Waals surface area contributed by atoms with E-state index in [1.807, 2.05) is 4.90 Å². The van der Waals surface area contributed by atoms with E-state index in [-0.39, 0.29) is 27.8 Å². The molecule has 0 fully saturated rings. The van der Waals surface area contributed by atoms with Crippen molar-refractivity contribution >= 4 is 55.3 Å². The van der Waals surface area contributed by atoms with Crippen LogP contribution in [0.1, 0.15) is 21.9 Å². The number of hydrogen-bond donors (Lipinski definition) is 1. The lowest BCUT2D eigenvalue weighted by Crippen LogP contribution is -2.27. The highest BCUT2D eigenvalue weighted by molar-refractivity contribution is 7.87. The summed E-state index contributed by atoms with van der Waals surface area (Å²) in [6.07, 6.45) is 1.15. The number of benzene rings is 1. The number of aromatic hydroxyl groups is 1. The van der Waals surface area contributed by atoms with Crippen molar-refractivity contribution in [2.45, 2.75) is 12.2 Å². The van der Waals surface area contributed by atoms with Crippen LogP contribution >= 0.6 is 34.5 Å². The number of halogens is 2. The summed E-state index contributed by atoms with van der Waals surface area (Å²) in [5.41, 5.74) is 1.33. The molecule has 0 amide bonds. The monoisotopic (exact) mass is 545 g/mol. The average molecular weight is 546 g/mol. The van der Waals surface area contributed by atoms with Crippen molar-refractivity contribution in [1.82, 2.24) is 4.98 Å². The van der Waals surface area contributed by atoms with Crippen LogP contribution in [-0.2, 0) is 10.1 Å². The molecule has 2 aromatic heterocycles. The van der Waals surface area contributed by atoms with Gasteiger partial charge in [0, 0.05) is 48.2 Å². The van der Waals surface area contributed by atoms with Gasteiger partial charge in [0.25, 0.3) is 0 Å². The molecule has 0 radical (unpaired) electrons. The Morgan fingerprint density at radius 1 is 1.18 bits per heavy atom. The van der Waals surface area contributed by atoms with E-state index in [0.29, 0.717) is 30.4 Å². The van der Waals surface area contributed by atoms with Crippen molar-refractivity contribution in [3.05, 3.63) is 74.8 Å². The number of alkyl halides is 2. The topological polar surface area (TPSA) is 123 Å². The number of thiophene rings is 1. The van der Waals surface area contributed by atoms with Gasteiger partial charge in [0.1, 0.15) is 5.75 Å². The zero-order valence-corrected chi connectivity index (χ0v) is 21.1. The molecule has 0 saturated carbocycles. The lowest BCUT2D eigenvalue weighted by molar-refractivity contribution is -0.380. The van der Waals surface area contributed by atoms with Crippen LogP contribution < -0.4 is 9.08 Å². The highest BCUT2D eigenvalue weighted by atomic mass is 35.5. The first-order chi connectivity index (χ1) is 16.2. The van der Waals surface area contributed by atoms with Crippen molar-refractivity contribution in [3.8, 4) is 11.6 Å². The molecule has 2 heterocycles. The Morgan fingerprint density at radius 3 is 2.35 bits per heavy atom. The number of aryl methyl sites for hydroxylation is 1. The average Bonchev–Trinajstić information content (AvgIpc) is 3.16. The second-order valence-corrected chi connectivity index (χ2v) is 10.4. The Hall–Kier alpha value is -2.60. The van der Waals surface area contributed by atoms with Gasteiger partial charge < -0.3 is 14.2 Å². The summed E-state index contributed by atoms with van der Waals surface area (Å²) in [4.78, 5) is 16.7. The molecule has 0 aliphatic heterocycles. The smallest absolute Gasteiger partial charge is 0.329 e. The quantitative estimate of drug-likeness (QED) is 0.157. The van der Waals surface area contributed by atoms with Crippen LogP contribution in [0.15, 0.2) is 48.0 Å². The lowest BCUT2D eigenvalue weighted by Gasteiger charge is -2.23. The number of anilines is 1. The summed E-state index contributed by atoms with van der Waals surface area (Å²) in [6.45, 7) is 2.71. The first-order valence-electron chi connectivity index (χ1n) is 9.95. The van der Waals surface area contributed by atoms with E-state index in [9.17, 15) is 23.6 Å². The second-order valence-electron chi connectivity index (χ2n) is 7.16. The maximum Gasteiger partial charge on any atom is 0.329 e. The van der Waals surface area contributed by atoms with Gasteiger partial charge in [-0.3, -0.25) is 10.1 Å². The van der Waals surface area contributed by atoms with Crippen molar-refractivity contribution in [2.24, 2.45) is 0 Å². The number of nitro groups is 1. The third-order valence-corrected chi connectivity index (χ3v) is 7.83. The molecule has 1 N–H and O–H groups in total. The molecule has 0 bridgehead atoms. The number of aromatic nitrogens is 1. The van der Waals surface area contributed by atoms with Gasteiger partial charge in [0.15, 0.2) is 5.25 Å². The Morgan fingerprint density at radius 2 is 1.82 bits per heavy atom. The highest BCUT2D eigenvalue weighted by Crippen LogP contribution is 2.42. The van der Waals surface area contributed by atoms with E-state index >= 15 is 0 Å². The molecule has 9 nitrogen and oxygen atoms in total. The van der Waals surface area contributed by atoms with Crippen molar-refractivity contribution in [2.75, 3.05) is 29.7 Å². The van der Waals surface area contributed by atoms with Crippen molar-refractivity contribution < 1.29 is 22.6 Å². The maximum atomic E-state index is 13.5. The molecule has 0 spiro atoms. The van der Waals surface area contributed by atoms with Gasteiger partial charge >= 0.3 is 15.1 Å². The zero-order valence-electron chi connectivity index (χ0n) is 17.9. The maximum absolute atomic E-state index is 13.5. The molecule has 3 rings (SSSR count). The van der Waals surface area contributed by atoms with Crippen LogP contribution in [0.2, 0.25) is 0 Å². The minimum absolute atomic E-state index is 0.00508. The Bertz CT molecular complexity index is 1230. The molecule has 1 unspecified atom stereocenters. The summed E-state index contributed by atoms with van der Waals surface area (Å²) >= 11 is 12.5. The summed E-state index contributed by atoms with van der Waals surface area (Å²) in [7, 11) is -4.47. The van der Waals surface area contributed by atoms with Gasteiger partial charge in [-0.05, 0) is 42.3 Å². The fourth-order valence-corrected chi connectivity index (χ4v) is 6.32. The van der Waals surface area contributed by atoms with Crippen LogP contribution in [0.5, 0.6) is 11.6 Å². The Labute approximate surface area is 210 Å². The van der Waals surface area contributed by atoms with E-state index in [4.69, 9.17) is 27.4 Å². The molecule has 0 aliphatic rings. The van der Waals surface area contributed by atoms with E-state index < -0.39 is 20.3 Å². The molecular formula is C21H21Cl2N3O6S2. The van der Waals surface area contributed by atoms with E-state index in [1.165, 1.54) is 29.6 Å². The van der Waals surface area contributed by atoms with Gasteiger partial charge in [0.05, 0.1) is 10.5 Å². The van der Waals surface area contributed by atoms with Crippen molar-refractivity contribution in [3.63, 3.8) is 0 Å². The van der Waals surface area contributed by atoms with Gasteiger partial charge in [-0.15, -0.1) is 23.2 Å². The van der Waals surface area contributed by atoms with Crippen LogP contribution in [-0.4, -0.2) is 48.3 Å². The number of hydrogen-bond acceptors (Lipinski definition) is 9. The lowest BCUT2D eigenvalue weighted by atomic mass is 10.0. The standard InChI is InChI=1S/C21H21Cl2N3O6S2/c1-14-13-33-21(26(28)29)19(14)20(15-2-7-18(27)24-12-15)34(30,31)32-17-5-3-16(4-6-17)25(10-8-22)11-9-23/h2-7,12-13,20H,8-11H2,1H3,(H,24,27). The van der Waals surface area contributed by atoms with E-state index in [2.05, 4.69) is 4.98 Å². The molecule has 13 heteroatoms. The number of nitrogens with zero attached hydrogens (tertiary/aromatic N) is 3. The molecular weight excluding hydrogens is 525 g/mol. The Kier molecular flexibility index (Phi) is 8.58. The number of rotatable bonds is 11. The second kappa shape index (κ2) is 11.2. The number of pyridine rings is 1. The SMILES string of the molecule is Cc1csc([N+](=O)[O-])c1C(c1ccc(O)nc1)S(=O)(=O)Oc1ccc(N(CCCl)CCCl)cc1. The minimum atomic E-state index is -4.47. The molecule has 0 saturated heterocycles. The van der Waals surface area contributed by atoms with Crippen LogP contribution in [0.3, 0.4) is 0 Å². The van der Waals surface area contributed by atoms with E-state index in [0.717, 1.165) is 23.2 Å². The molecule has 1 atom stereocenters. The predicted octanol–water partition coefficient (Wildman–Crippen LogP) is 4.85. The normalized spacial score (nSPS) is 12.3. The third-order valence-electron chi connectivity index (χ3n) is 4.92. The minimum Gasteiger partial charge on any atom is -0.493 e. The third kappa shape index (κ3) is 5.90. The van der Waals surface area contributed by atoms with Gasteiger partial charge in [-0.25, -0.2) is 4.98 Å². The van der Waals surface area contributed by atoms with Crippen LogP contribution in [0, 0.1) is 17.0 Å². The van der Waals surface area contributed by atoms with Gasteiger partial charge in [-0.2, -0.15) is 8.42 Å². The molecule has 3 aromatic rings. The first-order valence-corrected chi connectivity index (χ1v) is 13.4. The molecule has 0 aliphatic carbocycles.